The van der Waals surface area contributed by atoms with Gasteiger partial charge in [-0.3, -0.25) is 0 Å². The Hall–Kier alpha value is -1.35. The van der Waals surface area contributed by atoms with Crippen LogP contribution in [0.5, 0.6) is 5.75 Å². The van der Waals surface area contributed by atoms with E-state index >= 15 is 0 Å². The molecule has 0 saturated heterocycles. The predicted molar refractivity (Wildman–Crippen MR) is 83.0 cm³/mol. The molecule has 0 fully saturated rings. The molecule has 112 valence electrons. The van der Waals surface area contributed by atoms with E-state index < -0.39 is 0 Å². The summed E-state index contributed by atoms with van der Waals surface area (Å²) in [7, 11) is 4.12. The summed E-state index contributed by atoms with van der Waals surface area (Å²) in [5.74, 6) is 0.963. The molecule has 1 rings (SSSR count). The number of aryl methyl sites for hydroxylation is 1. The lowest BCUT2D eigenvalue weighted by Crippen LogP contribution is -2.45. The van der Waals surface area contributed by atoms with E-state index in [-0.39, 0.29) is 5.97 Å². The molecule has 0 N–H and O–H groups in total. The highest BCUT2D eigenvalue weighted by molar-refractivity contribution is 5.74. The molecule has 1 aromatic carbocycles. The van der Waals surface area contributed by atoms with E-state index in [4.69, 9.17) is 4.74 Å². The third-order valence-corrected chi connectivity index (χ3v) is 3.49. The van der Waals surface area contributed by atoms with Gasteiger partial charge in [0.1, 0.15) is 5.75 Å². The molecule has 20 heavy (non-hydrogen) atoms. The maximum atomic E-state index is 12.1. The smallest absolute Gasteiger partial charge is 0.367 e. The second kappa shape index (κ2) is 6.89. The largest absolute Gasteiger partial charge is 0.422 e. The summed E-state index contributed by atoms with van der Waals surface area (Å²) in [6.45, 7) is 9.74. The fourth-order valence-corrected chi connectivity index (χ4v) is 2.27. The number of likely N-dealkylation sites (N-methyl/N-ethyl adjacent to an activating group) is 1. The van der Waals surface area contributed by atoms with Crippen molar-refractivity contribution in [3.63, 3.8) is 0 Å². The molecule has 0 radical (unpaired) electrons. The molecular weight excluding hydrogens is 250 g/mol. The van der Waals surface area contributed by atoms with Gasteiger partial charge in [-0.15, -0.1) is 0 Å². The number of carbonyl (C=O) groups is 1. The molecule has 3 nitrogen and oxygen atoms in total. The highest BCUT2D eigenvalue weighted by atomic mass is 16.5. The summed E-state index contributed by atoms with van der Waals surface area (Å²) in [4.78, 5) is 12.1. The lowest BCUT2D eigenvalue weighted by Gasteiger charge is -2.28. The fraction of sp³-hybridized carbons (Fsp3) is 0.588. The standard InChI is InChI=1S/C17H28NO2/c1-7-10-18(5,6)12-17(19)20-16-11-15(13(2)3)9-8-14(16)4/h8-9,11,13H,7,10,12H2,1-6H3/q+1. The first kappa shape index (κ1) is 16.7. The van der Waals surface area contributed by atoms with Crippen molar-refractivity contribution < 1.29 is 14.0 Å². The molecule has 0 aliphatic heterocycles. The molecule has 0 spiro atoms. The zero-order valence-electron chi connectivity index (χ0n) is 13.7. The van der Waals surface area contributed by atoms with Gasteiger partial charge in [-0.1, -0.05) is 32.9 Å². The van der Waals surface area contributed by atoms with Gasteiger partial charge in [0.15, 0.2) is 6.54 Å². The number of rotatable bonds is 6. The Bertz CT molecular complexity index is 464. The monoisotopic (exact) mass is 278 g/mol. The van der Waals surface area contributed by atoms with Crippen LogP contribution in [-0.4, -0.2) is 37.6 Å². The zero-order chi connectivity index (χ0) is 15.3. The molecule has 0 unspecified atom stereocenters. The summed E-state index contributed by atoms with van der Waals surface area (Å²) in [5, 5.41) is 0. The summed E-state index contributed by atoms with van der Waals surface area (Å²) in [5.41, 5.74) is 2.20. The molecule has 0 amide bonds. The van der Waals surface area contributed by atoms with Crippen LogP contribution in [0.25, 0.3) is 0 Å². The molecule has 0 heterocycles. The van der Waals surface area contributed by atoms with E-state index in [9.17, 15) is 4.79 Å². The van der Waals surface area contributed by atoms with Crippen molar-refractivity contribution >= 4 is 5.97 Å². The van der Waals surface area contributed by atoms with Crippen molar-refractivity contribution in [1.29, 1.82) is 0 Å². The van der Waals surface area contributed by atoms with Gasteiger partial charge >= 0.3 is 5.97 Å². The van der Waals surface area contributed by atoms with Gasteiger partial charge in [-0.25, -0.2) is 4.79 Å². The molecular formula is C17H28NO2+. The number of nitrogens with zero attached hydrogens (tertiary/aromatic N) is 1. The van der Waals surface area contributed by atoms with Crippen LogP contribution in [-0.2, 0) is 4.79 Å². The van der Waals surface area contributed by atoms with Crippen LogP contribution in [0.4, 0.5) is 0 Å². The van der Waals surface area contributed by atoms with Crippen LogP contribution in [0.15, 0.2) is 18.2 Å². The maximum absolute atomic E-state index is 12.1. The second-order valence-corrected chi connectivity index (χ2v) is 6.47. The number of esters is 1. The van der Waals surface area contributed by atoms with Crippen molar-refractivity contribution in [2.24, 2.45) is 0 Å². The van der Waals surface area contributed by atoms with Crippen LogP contribution in [0.2, 0.25) is 0 Å². The van der Waals surface area contributed by atoms with Crippen molar-refractivity contribution in [3.05, 3.63) is 29.3 Å². The minimum Gasteiger partial charge on any atom is -0.422 e. The number of benzene rings is 1. The van der Waals surface area contributed by atoms with Crippen LogP contribution >= 0.6 is 0 Å². The molecule has 0 aromatic heterocycles. The summed E-state index contributed by atoms with van der Waals surface area (Å²) < 4.78 is 6.23. The quantitative estimate of drug-likeness (QED) is 0.452. The third-order valence-electron chi connectivity index (χ3n) is 3.49. The van der Waals surface area contributed by atoms with Gasteiger partial charge in [0.05, 0.1) is 20.6 Å². The molecule has 0 atom stereocenters. The minimum absolute atomic E-state index is 0.160. The predicted octanol–water partition coefficient (Wildman–Crippen LogP) is 3.51. The second-order valence-electron chi connectivity index (χ2n) is 6.47. The SMILES string of the molecule is CCC[N+](C)(C)CC(=O)Oc1cc(C(C)C)ccc1C. The molecule has 1 aromatic rings. The lowest BCUT2D eigenvalue weighted by atomic mass is 10.0. The first-order valence-electron chi connectivity index (χ1n) is 7.38. The Balaban J connectivity index is 2.77. The van der Waals surface area contributed by atoms with Gasteiger partial charge in [0.2, 0.25) is 0 Å². The number of carbonyl (C=O) groups excluding carboxylic acids is 1. The third kappa shape index (κ3) is 4.97. The van der Waals surface area contributed by atoms with E-state index in [1.54, 1.807) is 0 Å². The van der Waals surface area contributed by atoms with Gasteiger partial charge in [-0.05, 0) is 36.5 Å². The van der Waals surface area contributed by atoms with Gasteiger partial charge < -0.3 is 9.22 Å². The fourth-order valence-electron chi connectivity index (χ4n) is 2.27. The summed E-state index contributed by atoms with van der Waals surface area (Å²) >= 11 is 0. The topological polar surface area (TPSA) is 26.3 Å². The Morgan fingerprint density at radius 1 is 1.30 bits per heavy atom. The molecule has 0 aliphatic carbocycles. The van der Waals surface area contributed by atoms with E-state index in [1.165, 1.54) is 5.56 Å². The van der Waals surface area contributed by atoms with Gasteiger partial charge in [-0.2, -0.15) is 0 Å². The highest BCUT2D eigenvalue weighted by Gasteiger charge is 2.21. The van der Waals surface area contributed by atoms with Crippen molar-refractivity contribution in [3.8, 4) is 5.75 Å². The van der Waals surface area contributed by atoms with E-state index in [0.29, 0.717) is 22.7 Å². The number of hydrogen-bond acceptors (Lipinski definition) is 2. The first-order chi connectivity index (χ1) is 9.25. The number of quaternary nitrogens is 1. The average Bonchev–Trinajstić information content (AvgIpc) is 2.30. The Labute approximate surface area is 123 Å². The lowest BCUT2D eigenvalue weighted by molar-refractivity contribution is -0.882. The van der Waals surface area contributed by atoms with E-state index in [2.05, 4.69) is 40.9 Å². The molecule has 3 heteroatoms. The van der Waals surface area contributed by atoms with Crippen molar-refractivity contribution in [2.75, 3.05) is 27.2 Å². The van der Waals surface area contributed by atoms with Gasteiger partial charge in [0, 0.05) is 0 Å². The zero-order valence-corrected chi connectivity index (χ0v) is 13.7. The van der Waals surface area contributed by atoms with Crippen LogP contribution in [0.1, 0.15) is 44.2 Å². The Kier molecular flexibility index (Phi) is 5.75. The molecule has 0 aliphatic rings. The Morgan fingerprint density at radius 3 is 2.50 bits per heavy atom. The minimum atomic E-state index is -0.160. The highest BCUT2D eigenvalue weighted by Crippen LogP contribution is 2.24. The van der Waals surface area contributed by atoms with Crippen molar-refractivity contribution in [1.82, 2.24) is 0 Å². The Morgan fingerprint density at radius 2 is 1.95 bits per heavy atom. The maximum Gasteiger partial charge on any atom is 0.367 e. The molecule has 0 bridgehead atoms. The van der Waals surface area contributed by atoms with Gasteiger partial charge in [0.25, 0.3) is 0 Å². The van der Waals surface area contributed by atoms with Crippen LogP contribution in [0.3, 0.4) is 0 Å². The summed E-state index contributed by atoms with van der Waals surface area (Å²) in [6.07, 6.45) is 1.06. The van der Waals surface area contributed by atoms with Crippen molar-refractivity contribution in [2.45, 2.75) is 40.0 Å². The van der Waals surface area contributed by atoms with Crippen LogP contribution in [0, 0.1) is 6.92 Å². The average molecular weight is 278 g/mol. The van der Waals surface area contributed by atoms with E-state index in [1.807, 2.05) is 19.1 Å². The van der Waals surface area contributed by atoms with Crippen LogP contribution < -0.4 is 4.74 Å². The normalized spacial score (nSPS) is 11.8. The summed E-state index contributed by atoms with van der Waals surface area (Å²) in [6, 6.07) is 6.09. The van der Waals surface area contributed by atoms with E-state index in [0.717, 1.165) is 18.5 Å². The molecule has 0 saturated carbocycles. The number of hydrogen-bond donors (Lipinski definition) is 0. The first-order valence-corrected chi connectivity index (χ1v) is 7.38. The number of ether oxygens (including phenoxy) is 1.